The molecule has 0 bridgehead atoms. The van der Waals surface area contributed by atoms with E-state index >= 15 is 0 Å². The van der Waals surface area contributed by atoms with Crippen LogP contribution in [0.15, 0.2) is 35.2 Å². The van der Waals surface area contributed by atoms with E-state index in [2.05, 4.69) is 24.3 Å². The first-order chi connectivity index (χ1) is 5.38. The summed E-state index contributed by atoms with van der Waals surface area (Å²) in [4.78, 5) is 1.19. The quantitative estimate of drug-likeness (QED) is 0.607. The number of nitrogens with one attached hydrogen (secondary N) is 1. The summed E-state index contributed by atoms with van der Waals surface area (Å²) in [6, 6.07) is 8.15. The van der Waals surface area contributed by atoms with Crippen LogP contribution in [0.5, 0.6) is 0 Å². The van der Waals surface area contributed by atoms with Gasteiger partial charge in [-0.05, 0) is 11.6 Å². The Morgan fingerprint density at radius 2 is 2.09 bits per heavy atom. The highest BCUT2D eigenvalue weighted by molar-refractivity contribution is 7.86. The van der Waals surface area contributed by atoms with E-state index in [-0.39, 0.29) is 10.7 Å². The molecular formula is C9H9NS. The van der Waals surface area contributed by atoms with E-state index in [1.54, 1.807) is 0 Å². The molecular weight excluding hydrogens is 154 g/mol. The van der Waals surface area contributed by atoms with Crippen molar-refractivity contribution >= 4 is 16.8 Å². The number of benzene rings is 1. The second kappa shape index (κ2) is 2.62. The van der Waals surface area contributed by atoms with Crippen molar-refractivity contribution in [2.45, 2.75) is 4.90 Å². The molecule has 1 heterocycles. The van der Waals surface area contributed by atoms with Gasteiger partial charge in [0.2, 0.25) is 0 Å². The Hall–Kier alpha value is -0.890. The molecule has 1 aliphatic rings. The molecule has 0 spiro atoms. The van der Waals surface area contributed by atoms with E-state index in [9.17, 15) is 0 Å². The van der Waals surface area contributed by atoms with Crippen LogP contribution in [-0.4, -0.2) is 5.75 Å². The lowest BCUT2D eigenvalue weighted by Gasteiger charge is -2.10. The third-order valence-corrected chi connectivity index (χ3v) is 3.17. The molecule has 1 aromatic carbocycles. The molecule has 0 fully saturated rings. The third kappa shape index (κ3) is 1.14. The van der Waals surface area contributed by atoms with Crippen molar-refractivity contribution in [2.24, 2.45) is 0 Å². The van der Waals surface area contributed by atoms with Crippen LogP contribution >= 0.6 is 0 Å². The van der Waals surface area contributed by atoms with Crippen LogP contribution in [0.3, 0.4) is 0 Å². The van der Waals surface area contributed by atoms with Crippen LogP contribution in [0.4, 0.5) is 0 Å². The minimum Gasteiger partial charge on any atom is -0.275 e. The average Bonchev–Trinajstić information content (AvgIpc) is 2.06. The fourth-order valence-corrected chi connectivity index (χ4v) is 2.34. The summed E-state index contributed by atoms with van der Waals surface area (Å²) in [6.07, 6.45) is 4.19. The molecule has 0 radical (unpaired) electrons. The molecule has 0 saturated carbocycles. The van der Waals surface area contributed by atoms with Gasteiger partial charge in [-0.25, -0.2) is 0 Å². The highest BCUT2D eigenvalue weighted by Crippen LogP contribution is 2.19. The van der Waals surface area contributed by atoms with Gasteiger partial charge >= 0.3 is 0 Å². The summed E-state index contributed by atoms with van der Waals surface area (Å²) < 4.78 is 7.73. The van der Waals surface area contributed by atoms with Crippen LogP contribution in [0.2, 0.25) is 0 Å². The van der Waals surface area contributed by atoms with Gasteiger partial charge in [0.25, 0.3) is 0 Å². The van der Waals surface area contributed by atoms with Gasteiger partial charge in [-0.15, -0.1) is 0 Å². The fraction of sp³-hybridized carbons (Fsp3) is 0.111. The summed E-state index contributed by atoms with van der Waals surface area (Å²) in [5.41, 5.74) is 1.22. The predicted molar refractivity (Wildman–Crippen MR) is 48.7 cm³/mol. The largest absolute Gasteiger partial charge is 0.275 e. The lowest BCUT2D eigenvalue weighted by Crippen LogP contribution is -1.99. The Bertz CT molecular complexity index is 328. The maximum absolute atomic E-state index is 7.73. The maximum Gasteiger partial charge on any atom is 0.0268 e. The molecule has 2 rings (SSSR count). The number of fused-ring (bicyclic) bond motifs is 1. The van der Waals surface area contributed by atoms with Gasteiger partial charge in [-0.2, -0.15) is 0 Å². The number of hydrogen-bond donors (Lipinski definition) is 1. The molecule has 1 unspecified atom stereocenters. The Balaban J connectivity index is 2.63. The molecule has 0 amide bonds. The van der Waals surface area contributed by atoms with Crippen molar-refractivity contribution in [2.75, 3.05) is 5.75 Å². The van der Waals surface area contributed by atoms with Gasteiger partial charge in [0.1, 0.15) is 0 Å². The van der Waals surface area contributed by atoms with Gasteiger partial charge in [-0.3, -0.25) is 4.78 Å². The highest BCUT2D eigenvalue weighted by Gasteiger charge is 2.05. The molecule has 11 heavy (non-hydrogen) atoms. The maximum atomic E-state index is 7.73. The van der Waals surface area contributed by atoms with Gasteiger partial charge in [-0.1, -0.05) is 41.0 Å². The first-order valence-electron chi connectivity index (χ1n) is 3.55. The zero-order valence-corrected chi connectivity index (χ0v) is 6.90. The normalized spacial score (nSPS) is 21.3. The second-order valence-corrected chi connectivity index (χ2v) is 4.05. The summed E-state index contributed by atoms with van der Waals surface area (Å²) in [5.74, 6) is 0.886. The Morgan fingerprint density at radius 1 is 1.27 bits per heavy atom. The van der Waals surface area contributed by atoms with Gasteiger partial charge in [0.15, 0.2) is 0 Å². The minimum atomic E-state index is -0.302. The van der Waals surface area contributed by atoms with Crippen LogP contribution < -0.4 is 0 Å². The van der Waals surface area contributed by atoms with Gasteiger partial charge in [0, 0.05) is 10.6 Å². The second-order valence-electron chi connectivity index (χ2n) is 2.50. The van der Waals surface area contributed by atoms with E-state index in [1.165, 1.54) is 10.5 Å². The predicted octanol–water partition coefficient (Wildman–Crippen LogP) is 2.45. The number of hydrogen-bond acceptors (Lipinski definition) is 1. The summed E-state index contributed by atoms with van der Waals surface area (Å²) >= 11 is 0. The lowest BCUT2D eigenvalue weighted by atomic mass is 10.2. The van der Waals surface area contributed by atoms with Crippen molar-refractivity contribution in [3.8, 4) is 0 Å². The SMILES string of the molecule is N=S1CC=Cc2ccccc21. The molecule has 1 nitrogen and oxygen atoms in total. The first kappa shape index (κ1) is 6.80. The first-order valence-corrected chi connectivity index (χ1v) is 4.95. The smallest absolute Gasteiger partial charge is 0.0268 e. The third-order valence-electron chi connectivity index (χ3n) is 1.74. The zero-order chi connectivity index (χ0) is 7.68. The monoisotopic (exact) mass is 163 g/mol. The van der Waals surface area contributed by atoms with E-state index in [1.807, 2.05) is 12.1 Å². The van der Waals surface area contributed by atoms with Crippen LogP contribution in [0.1, 0.15) is 5.56 Å². The molecule has 56 valence electrons. The molecule has 0 aromatic heterocycles. The minimum absolute atomic E-state index is 0.302. The molecule has 0 aliphatic carbocycles. The van der Waals surface area contributed by atoms with Crippen molar-refractivity contribution in [3.05, 3.63) is 35.9 Å². The van der Waals surface area contributed by atoms with Crippen molar-refractivity contribution in [3.63, 3.8) is 0 Å². The van der Waals surface area contributed by atoms with E-state index < -0.39 is 0 Å². The Labute approximate surface area is 68.6 Å². The lowest BCUT2D eigenvalue weighted by molar-refractivity contribution is 1.36. The highest BCUT2D eigenvalue weighted by atomic mass is 32.2. The summed E-state index contributed by atoms with van der Waals surface area (Å²) in [6.45, 7) is 0. The molecule has 1 aromatic rings. The average molecular weight is 163 g/mol. The van der Waals surface area contributed by atoms with Crippen molar-refractivity contribution in [1.82, 2.24) is 0 Å². The van der Waals surface area contributed by atoms with Crippen LogP contribution in [-0.2, 0) is 10.7 Å². The molecule has 0 saturated heterocycles. The molecule has 1 N–H and O–H groups in total. The van der Waals surface area contributed by atoms with E-state index in [0.29, 0.717) is 0 Å². The molecule has 1 aliphatic heterocycles. The summed E-state index contributed by atoms with van der Waals surface area (Å²) in [5, 5.41) is 0. The topological polar surface area (TPSA) is 23.9 Å². The standard InChI is InChI=1S/C9H9NS/c10-11-7-3-5-8-4-1-2-6-9(8)11/h1-6,10H,7H2. The Kier molecular flexibility index (Phi) is 1.62. The van der Waals surface area contributed by atoms with Gasteiger partial charge < -0.3 is 0 Å². The molecule has 1 atom stereocenters. The molecule has 2 heteroatoms. The van der Waals surface area contributed by atoms with Crippen LogP contribution in [0, 0.1) is 4.78 Å². The van der Waals surface area contributed by atoms with Crippen molar-refractivity contribution < 1.29 is 0 Å². The van der Waals surface area contributed by atoms with Gasteiger partial charge in [0.05, 0.1) is 0 Å². The Morgan fingerprint density at radius 3 is 2.91 bits per heavy atom. The van der Waals surface area contributed by atoms with E-state index in [4.69, 9.17) is 4.78 Å². The summed E-state index contributed by atoms with van der Waals surface area (Å²) in [7, 11) is -0.302. The fourth-order valence-electron chi connectivity index (χ4n) is 1.20. The zero-order valence-electron chi connectivity index (χ0n) is 6.08. The van der Waals surface area contributed by atoms with Crippen LogP contribution in [0.25, 0.3) is 6.08 Å². The van der Waals surface area contributed by atoms with Crippen molar-refractivity contribution in [1.29, 1.82) is 4.78 Å². The van der Waals surface area contributed by atoms with E-state index in [0.717, 1.165) is 5.75 Å². The number of rotatable bonds is 0.